The Morgan fingerprint density at radius 1 is 1.37 bits per heavy atom. The van der Waals surface area contributed by atoms with Crippen LogP contribution in [0.3, 0.4) is 0 Å². The molecule has 27 heavy (non-hydrogen) atoms. The molecule has 144 valence electrons. The second kappa shape index (κ2) is 5.79. The van der Waals surface area contributed by atoms with Crippen molar-refractivity contribution in [3.8, 4) is 0 Å². The molecule has 2 N–H and O–H groups in total. The van der Waals surface area contributed by atoms with Crippen LogP contribution in [0.15, 0.2) is 18.5 Å². The highest BCUT2D eigenvalue weighted by Crippen LogP contribution is 2.63. The summed E-state index contributed by atoms with van der Waals surface area (Å²) in [5.41, 5.74) is 2.27. The number of H-pyrrole nitrogens is 1. The van der Waals surface area contributed by atoms with Crippen molar-refractivity contribution in [1.29, 1.82) is 0 Å². The Kier molecular flexibility index (Phi) is 3.79. The molecule has 4 heterocycles. The number of pyridine rings is 1. The third-order valence-corrected chi connectivity index (χ3v) is 8.71. The molecule has 0 amide bonds. The van der Waals surface area contributed by atoms with E-state index in [1.807, 2.05) is 19.2 Å². The minimum Gasteiger partial charge on any atom is -0.423 e. The Balaban J connectivity index is 1.38. The zero-order valence-electron chi connectivity index (χ0n) is 15.4. The summed E-state index contributed by atoms with van der Waals surface area (Å²) >= 11 is 0. The van der Waals surface area contributed by atoms with E-state index in [2.05, 4.69) is 9.97 Å². The molecular formula is C18H24BN3O4S. The maximum absolute atomic E-state index is 12.3. The van der Waals surface area contributed by atoms with Crippen LogP contribution < -0.4 is 5.46 Å². The minimum atomic E-state index is -3.12. The van der Waals surface area contributed by atoms with Crippen molar-refractivity contribution in [3.05, 3.63) is 24.0 Å². The number of nitrogens with one attached hydrogen (secondary N) is 1. The van der Waals surface area contributed by atoms with Crippen LogP contribution in [0.25, 0.3) is 11.0 Å². The number of hydrogen-bond acceptors (Lipinski definition) is 5. The number of hydrogen-bond donors (Lipinski definition) is 2. The van der Waals surface area contributed by atoms with Gasteiger partial charge in [-0.05, 0) is 49.1 Å². The topological polar surface area (TPSA) is 95.5 Å². The Hall–Kier alpha value is -1.42. The van der Waals surface area contributed by atoms with Gasteiger partial charge in [0.05, 0.1) is 11.4 Å². The monoisotopic (exact) mass is 389 g/mol. The van der Waals surface area contributed by atoms with Gasteiger partial charge in [0.15, 0.2) is 0 Å². The lowest BCUT2D eigenvalue weighted by atomic mass is 9.53. The molecule has 2 aromatic heterocycles. The Morgan fingerprint density at radius 3 is 2.81 bits per heavy atom. The maximum Gasteiger partial charge on any atom is 0.493 e. The third-order valence-electron chi connectivity index (χ3n) is 6.63. The van der Waals surface area contributed by atoms with Gasteiger partial charge in [-0.25, -0.2) is 17.7 Å². The average molecular weight is 389 g/mol. The second-order valence-corrected chi connectivity index (χ2v) is 10.5. The molecule has 2 aliphatic heterocycles. The SMILES string of the molecule is CCCS(=O)(=O)N1CCC2(CC1)CC1(C2)OB(O)c2cnc3[nH]ccc3c21. The van der Waals surface area contributed by atoms with Gasteiger partial charge in [0.1, 0.15) is 5.65 Å². The van der Waals surface area contributed by atoms with Crippen LogP contribution in [0.2, 0.25) is 0 Å². The number of piperidine rings is 1. The molecule has 2 spiro atoms. The summed E-state index contributed by atoms with van der Waals surface area (Å²) in [5.74, 6) is 0.227. The van der Waals surface area contributed by atoms with E-state index in [1.165, 1.54) is 0 Å². The molecule has 1 aliphatic carbocycles. The summed E-state index contributed by atoms with van der Waals surface area (Å²) < 4.78 is 32.4. The van der Waals surface area contributed by atoms with Crippen LogP contribution in [0.5, 0.6) is 0 Å². The van der Waals surface area contributed by atoms with E-state index in [1.54, 1.807) is 10.5 Å². The normalized spacial score (nSPS) is 23.9. The van der Waals surface area contributed by atoms with E-state index < -0.39 is 22.7 Å². The number of aromatic amines is 1. The van der Waals surface area contributed by atoms with E-state index in [-0.39, 0.29) is 11.2 Å². The number of fused-ring (bicyclic) bond motifs is 4. The first-order chi connectivity index (χ1) is 12.9. The molecule has 0 radical (unpaired) electrons. The summed E-state index contributed by atoms with van der Waals surface area (Å²) in [4.78, 5) is 7.51. The van der Waals surface area contributed by atoms with Crippen molar-refractivity contribution in [2.24, 2.45) is 5.41 Å². The molecular weight excluding hydrogens is 365 g/mol. The quantitative estimate of drug-likeness (QED) is 0.767. The fourth-order valence-electron chi connectivity index (χ4n) is 5.45. The van der Waals surface area contributed by atoms with Crippen molar-refractivity contribution in [2.45, 2.75) is 44.6 Å². The molecule has 9 heteroatoms. The number of sulfonamides is 1. The zero-order valence-corrected chi connectivity index (χ0v) is 16.3. The standard InChI is InChI=1S/C18H24BN3O4S/c1-2-9-27(24,25)22-7-4-17(5-8-22)11-18(12-17)15-13-3-6-20-16(13)21-10-14(15)19(23)26-18/h3,6,10,23H,2,4-5,7-9,11-12H2,1H3,(H,20,21). The molecule has 2 aromatic rings. The van der Waals surface area contributed by atoms with Gasteiger partial charge in [0.2, 0.25) is 10.0 Å². The highest BCUT2D eigenvalue weighted by molar-refractivity contribution is 7.89. The first-order valence-corrected chi connectivity index (χ1v) is 11.3. The lowest BCUT2D eigenvalue weighted by Crippen LogP contribution is -2.56. The van der Waals surface area contributed by atoms with Crippen LogP contribution >= 0.6 is 0 Å². The highest BCUT2D eigenvalue weighted by atomic mass is 32.2. The van der Waals surface area contributed by atoms with E-state index in [0.717, 1.165) is 47.7 Å². The lowest BCUT2D eigenvalue weighted by Gasteiger charge is -2.57. The van der Waals surface area contributed by atoms with Gasteiger partial charge in [0, 0.05) is 36.3 Å². The van der Waals surface area contributed by atoms with Gasteiger partial charge in [0.25, 0.3) is 0 Å². The first-order valence-electron chi connectivity index (χ1n) is 9.68. The fraction of sp³-hybridized carbons (Fsp3) is 0.611. The number of nitrogens with zero attached hydrogens (tertiary/aromatic N) is 2. The van der Waals surface area contributed by atoms with Crippen LogP contribution in [0.1, 0.15) is 44.6 Å². The average Bonchev–Trinajstić information content (AvgIpc) is 3.18. The Morgan fingerprint density at radius 2 is 2.11 bits per heavy atom. The summed E-state index contributed by atoms with van der Waals surface area (Å²) in [6, 6.07) is 2.00. The maximum atomic E-state index is 12.3. The van der Waals surface area contributed by atoms with Crippen LogP contribution in [0.4, 0.5) is 0 Å². The van der Waals surface area contributed by atoms with Crippen molar-refractivity contribution in [1.82, 2.24) is 14.3 Å². The number of rotatable bonds is 3. The van der Waals surface area contributed by atoms with Crippen molar-refractivity contribution >= 4 is 33.6 Å². The number of aromatic nitrogens is 2. The predicted molar refractivity (Wildman–Crippen MR) is 103 cm³/mol. The fourth-order valence-corrected chi connectivity index (χ4v) is 6.97. The third kappa shape index (κ3) is 2.52. The van der Waals surface area contributed by atoms with Crippen molar-refractivity contribution in [3.63, 3.8) is 0 Å². The largest absolute Gasteiger partial charge is 0.493 e. The molecule has 7 nitrogen and oxygen atoms in total. The molecule has 1 saturated carbocycles. The summed E-state index contributed by atoms with van der Waals surface area (Å²) in [7, 11) is -4.06. The van der Waals surface area contributed by atoms with Gasteiger partial charge >= 0.3 is 7.12 Å². The van der Waals surface area contributed by atoms with E-state index >= 15 is 0 Å². The van der Waals surface area contributed by atoms with Crippen molar-refractivity contribution < 1.29 is 18.1 Å². The van der Waals surface area contributed by atoms with Crippen LogP contribution in [0, 0.1) is 5.41 Å². The molecule has 5 rings (SSSR count). The second-order valence-electron chi connectivity index (χ2n) is 8.36. The highest BCUT2D eigenvalue weighted by Gasteiger charge is 2.62. The summed E-state index contributed by atoms with van der Waals surface area (Å²) in [6.07, 6.45) is 7.59. The molecule has 1 saturated heterocycles. The van der Waals surface area contributed by atoms with E-state index in [0.29, 0.717) is 19.5 Å². The van der Waals surface area contributed by atoms with E-state index in [9.17, 15) is 13.4 Å². The Labute approximate surface area is 159 Å². The Bertz CT molecular complexity index is 989. The molecule has 3 aliphatic rings. The lowest BCUT2D eigenvalue weighted by molar-refractivity contribution is -0.133. The van der Waals surface area contributed by atoms with E-state index in [4.69, 9.17) is 4.65 Å². The molecule has 0 aromatic carbocycles. The van der Waals surface area contributed by atoms with Gasteiger partial charge in [-0.3, -0.25) is 0 Å². The van der Waals surface area contributed by atoms with Gasteiger partial charge in [-0.1, -0.05) is 6.92 Å². The smallest absolute Gasteiger partial charge is 0.423 e. The van der Waals surface area contributed by atoms with Gasteiger partial charge in [-0.15, -0.1) is 0 Å². The van der Waals surface area contributed by atoms with Crippen LogP contribution in [-0.4, -0.2) is 53.7 Å². The summed E-state index contributed by atoms with van der Waals surface area (Å²) in [6.45, 7) is 3.07. The predicted octanol–water partition coefficient (Wildman–Crippen LogP) is 1.09. The molecule has 0 bridgehead atoms. The van der Waals surface area contributed by atoms with Gasteiger partial charge < -0.3 is 14.7 Å². The van der Waals surface area contributed by atoms with Gasteiger partial charge in [-0.2, -0.15) is 0 Å². The summed E-state index contributed by atoms with van der Waals surface area (Å²) in [5, 5.41) is 11.4. The molecule has 0 unspecified atom stereocenters. The zero-order chi connectivity index (χ0) is 18.9. The molecule has 0 atom stereocenters. The minimum absolute atomic E-state index is 0.103. The molecule has 2 fully saturated rings. The van der Waals surface area contributed by atoms with Crippen molar-refractivity contribution in [2.75, 3.05) is 18.8 Å². The van der Waals surface area contributed by atoms with Crippen LogP contribution in [-0.2, 0) is 20.3 Å². The first kappa shape index (κ1) is 17.7.